The second-order valence-corrected chi connectivity index (χ2v) is 7.95. The van der Waals surface area contributed by atoms with Gasteiger partial charge in [0.05, 0.1) is 19.8 Å². The van der Waals surface area contributed by atoms with Crippen molar-refractivity contribution in [2.45, 2.75) is 25.4 Å². The molecule has 0 N–H and O–H groups in total. The third-order valence-corrected chi connectivity index (χ3v) is 5.63. The zero-order chi connectivity index (χ0) is 25.6. The van der Waals surface area contributed by atoms with Crippen molar-refractivity contribution in [3.05, 3.63) is 71.0 Å². The van der Waals surface area contributed by atoms with E-state index in [-0.39, 0.29) is 43.8 Å². The van der Waals surface area contributed by atoms with Gasteiger partial charge < -0.3 is 23.7 Å². The van der Waals surface area contributed by atoms with Gasteiger partial charge in [-0.3, -0.25) is 0 Å². The Morgan fingerprint density at radius 1 is 0.914 bits per heavy atom. The van der Waals surface area contributed by atoms with E-state index in [0.29, 0.717) is 18.6 Å². The lowest BCUT2D eigenvalue weighted by molar-refractivity contribution is -0.480. The van der Waals surface area contributed by atoms with Crippen LogP contribution in [0.5, 0.6) is 11.5 Å². The standard InChI is InChI=1S/C22H16F8O5/c1-2-20-8-32-22(33-9-20,34-10-20)11-3-13(23)18(14(24)4-11)21(29,30)35-12-5-15(25)19(16(26)6-12)31-7-17(27)28/h3-7H,2,8-10H2,1H3. The highest BCUT2D eigenvalue weighted by Crippen LogP contribution is 2.47. The molecular weight excluding hydrogens is 496 g/mol. The SMILES string of the molecule is CCC12COC(c3cc(F)c(C(F)(F)Oc4cc(F)c(OC=C(F)F)c(F)c4)c(F)c3)(OC1)OC2. The molecule has 3 aliphatic heterocycles. The minimum atomic E-state index is -4.75. The molecule has 2 aromatic carbocycles. The summed E-state index contributed by atoms with van der Waals surface area (Å²) in [6, 6.07) is 1.35. The summed E-state index contributed by atoms with van der Waals surface area (Å²) in [5, 5.41) is 0. The molecule has 35 heavy (non-hydrogen) atoms. The highest BCUT2D eigenvalue weighted by molar-refractivity contribution is 5.37. The highest BCUT2D eigenvalue weighted by atomic mass is 19.3. The second-order valence-electron chi connectivity index (χ2n) is 7.95. The van der Waals surface area contributed by atoms with Crippen LogP contribution in [0.2, 0.25) is 0 Å². The lowest BCUT2D eigenvalue weighted by atomic mass is 9.85. The van der Waals surface area contributed by atoms with Crippen molar-refractivity contribution in [3.63, 3.8) is 0 Å². The predicted molar refractivity (Wildman–Crippen MR) is 100 cm³/mol. The summed E-state index contributed by atoms with van der Waals surface area (Å²) in [6.45, 7) is 2.33. The lowest BCUT2D eigenvalue weighted by Gasteiger charge is -2.51. The number of ether oxygens (including phenoxy) is 5. The third kappa shape index (κ3) is 4.67. The molecule has 3 aliphatic rings. The molecule has 2 bridgehead atoms. The van der Waals surface area contributed by atoms with Crippen LogP contribution in [0.25, 0.3) is 0 Å². The summed E-state index contributed by atoms with van der Waals surface area (Å²) in [5.41, 5.74) is -2.65. The molecular formula is C22H16F8O5. The molecule has 0 atom stereocenters. The summed E-state index contributed by atoms with van der Waals surface area (Å²) in [7, 11) is 0. The van der Waals surface area contributed by atoms with E-state index in [0.717, 1.165) is 0 Å². The highest BCUT2D eigenvalue weighted by Gasteiger charge is 2.54. The van der Waals surface area contributed by atoms with E-state index in [9.17, 15) is 35.1 Å². The molecule has 0 aliphatic carbocycles. The minimum Gasteiger partial charge on any atom is -0.453 e. The molecule has 3 heterocycles. The number of fused-ring (bicyclic) bond motifs is 3. The largest absolute Gasteiger partial charge is 0.453 e. The maximum absolute atomic E-state index is 14.7. The van der Waals surface area contributed by atoms with Crippen molar-refractivity contribution < 1.29 is 58.8 Å². The van der Waals surface area contributed by atoms with Gasteiger partial charge in [0.1, 0.15) is 22.9 Å². The van der Waals surface area contributed by atoms with Crippen LogP contribution in [-0.4, -0.2) is 19.8 Å². The van der Waals surface area contributed by atoms with E-state index < -0.39 is 63.9 Å². The monoisotopic (exact) mass is 512 g/mol. The minimum absolute atomic E-state index is 0.151. The summed E-state index contributed by atoms with van der Waals surface area (Å²) in [6.07, 6.45) is -6.81. The molecule has 0 spiro atoms. The Hall–Kier alpha value is -2.90. The fourth-order valence-electron chi connectivity index (χ4n) is 3.59. The summed E-state index contributed by atoms with van der Waals surface area (Å²) >= 11 is 0. The Labute approximate surface area is 192 Å². The van der Waals surface area contributed by atoms with Crippen LogP contribution in [0.3, 0.4) is 0 Å². The van der Waals surface area contributed by atoms with Gasteiger partial charge in [0, 0.05) is 23.1 Å². The summed E-state index contributed by atoms with van der Waals surface area (Å²) in [4.78, 5) is 0. The average Bonchev–Trinajstić information content (AvgIpc) is 2.78. The Kier molecular flexibility index (Phi) is 6.45. The summed E-state index contributed by atoms with van der Waals surface area (Å²) in [5.74, 6) is -11.4. The topological polar surface area (TPSA) is 46.2 Å². The second kappa shape index (κ2) is 8.95. The van der Waals surface area contributed by atoms with Crippen LogP contribution in [0.1, 0.15) is 24.5 Å². The fourth-order valence-corrected chi connectivity index (χ4v) is 3.59. The van der Waals surface area contributed by atoms with Crippen LogP contribution in [0.4, 0.5) is 35.1 Å². The molecule has 5 rings (SSSR count). The Balaban J connectivity index is 1.60. The van der Waals surface area contributed by atoms with Crippen LogP contribution in [-0.2, 0) is 26.3 Å². The van der Waals surface area contributed by atoms with Crippen molar-refractivity contribution in [2.75, 3.05) is 19.8 Å². The van der Waals surface area contributed by atoms with E-state index in [4.69, 9.17) is 14.2 Å². The maximum atomic E-state index is 14.7. The number of benzene rings is 2. The van der Waals surface area contributed by atoms with E-state index in [1.807, 2.05) is 6.92 Å². The molecule has 13 heteroatoms. The zero-order valence-corrected chi connectivity index (χ0v) is 17.8. The molecule has 0 amide bonds. The lowest BCUT2D eigenvalue weighted by Crippen LogP contribution is -2.58. The molecule has 0 saturated carbocycles. The predicted octanol–water partition coefficient (Wildman–Crippen LogP) is 6.07. The van der Waals surface area contributed by atoms with Gasteiger partial charge >= 0.3 is 18.2 Å². The Morgan fingerprint density at radius 2 is 1.43 bits per heavy atom. The van der Waals surface area contributed by atoms with Crippen molar-refractivity contribution in [1.29, 1.82) is 0 Å². The van der Waals surface area contributed by atoms with Crippen LogP contribution in [0.15, 0.2) is 36.6 Å². The fraction of sp³-hybridized carbons (Fsp3) is 0.364. The van der Waals surface area contributed by atoms with Crippen molar-refractivity contribution in [2.24, 2.45) is 5.41 Å². The molecule has 5 nitrogen and oxygen atoms in total. The van der Waals surface area contributed by atoms with Gasteiger partial charge in [-0.2, -0.15) is 17.6 Å². The molecule has 3 fully saturated rings. The molecule has 3 saturated heterocycles. The maximum Gasteiger partial charge on any atom is 0.432 e. The normalized spacial score (nSPS) is 23.8. The van der Waals surface area contributed by atoms with Gasteiger partial charge in [0.25, 0.3) is 0 Å². The van der Waals surface area contributed by atoms with Gasteiger partial charge in [-0.05, 0) is 18.6 Å². The van der Waals surface area contributed by atoms with Gasteiger partial charge in [-0.25, -0.2) is 17.6 Å². The first-order valence-electron chi connectivity index (χ1n) is 10.1. The van der Waals surface area contributed by atoms with Crippen LogP contribution in [0, 0.1) is 28.7 Å². The Morgan fingerprint density at radius 3 is 1.89 bits per heavy atom. The van der Waals surface area contributed by atoms with Gasteiger partial charge in [-0.1, -0.05) is 6.92 Å². The van der Waals surface area contributed by atoms with E-state index >= 15 is 0 Å². The first-order chi connectivity index (χ1) is 16.4. The van der Waals surface area contributed by atoms with Gasteiger partial charge in [-0.15, -0.1) is 0 Å². The number of hydrogen-bond acceptors (Lipinski definition) is 5. The first-order valence-corrected chi connectivity index (χ1v) is 10.1. The molecule has 0 unspecified atom stereocenters. The molecule has 190 valence electrons. The first kappa shape index (κ1) is 25.2. The van der Waals surface area contributed by atoms with Crippen LogP contribution < -0.4 is 9.47 Å². The number of alkyl halides is 2. The zero-order valence-electron chi connectivity index (χ0n) is 17.8. The summed E-state index contributed by atoms with van der Waals surface area (Å²) < 4.78 is 135. The number of rotatable bonds is 7. The number of halogens is 8. The average molecular weight is 512 g/mol. The number of hydrogen-bond donors (Lipinski definition) is 0. The smallest absolute Gasteiger partial charge is 0.432 e. The van der Waals surface area contributed by atoms with Gasteiger partial charge in [0.2, 0.25) is 0 Å². The molecule has 2 aromatic rings. The molecule has 0 radical (unpaired) electrons. The van der Waals surface area contributed by atoms with E-state index in [1.165, 1.54) is 0 Å². The third-order valence-electron chi connectivity index (χ3n) is 5.63. The van der Waals surface area contributed by atoms with Gasteiger partial charge in [0.15, 0.2) is 23.6 Å². The van der Waals surface area contributed by atoms with Crippen molar-refractivity contribution in [1.82, 2.24) is 0 Å². The Bertz CT molecular complexity index is 1090. The molecule has 0 aromatic heterocycles. The van der Waals surface area contributed by atoms with Crippen molar-refractivity contribution >= 4 is 0 Å². The van der Waals surface area contributed by atoms with E-state index in [1.54, 1.807) is 0 Å². The van der Waals surface area contributed by atoms with Crippen molar-refractivity contribution in [3.8, 4) is 11.5 Å². The quantitative estimate of drug-likeness (QED) is 0.333. The van der Waals surface area contributed by atoms with Crippen LogP contribution >= 0.6 is 0 Å². The van der Waals surface area contributed by atoms with E-state index in [2.05, 4.69) is 9.47 Å².